The zero-order chi connectivity index (χ0) is 40.1. The van der Waals surface area contributed by atoms with Gasteiger partial charge in [-0.15, -0.1) is 0 Å². The maximum absolute atomic E-state index is 15.4. The molecular formula is C33H3F16N7. The molecule has 0 unspecified atom stereocenters. The van der Waals surface area contributed by atoms with Crippen molar-refractivity contribution in [3.8, 4) is 45.3 Å². The highest BCUT2D eigenvalue weighted by molar-refractivity contribution is 6.09. The van der Waals surface area contributed by atoms with E-state index in [-0.39, 0.29) is 0 Å². The number of H-pyrrole nitrogens is 2. The average molecular weight is 801 g/mol. The number of fused-ring (bicyclic) bond motifs is 20. The van der Waals surface area contributed by atoms with Gasteiger partial charge < -0.3 is 9.97 Å². The molecule has 0 aliphatic carbocycles. The number of nitrogens with one attached hydrogen (secondary N) is 2. The average Bonchev–Trinajstić information content (AvgIpc) is 3.92. The zero-order valence-electron chi connectivity index (χ0n) is 25.9. The Bertz CT molecular complexity index is 3020. The number of aromatic nitrogens is 7. The topological polar surface area (TPSA) is 96.0 Å². The molecule has 2 aliphatic heterocycles. The van der Waals surface area contributed by atoms with Gasteiger partial charge in [0.05, 0.1) is 55.2 Å². The molecule has 0 saturated heterocycles. The fraction of sp³-hybridized carbons (Fsp3) is 0. The van der Waals surface area contributed by atoms with Crippen LogP contribution in [0.15, 0.2) is 6.07 Å². The molecule has 0 atom stereocenters. The normalized spacial score (nSPS) is 12.3. The molecule has 23 heteroatoms. The summed E-state index contributed by atoms with van der Waals surface area (Å²) in [5, 5.41) is -5.71. The van der Waals surface area contributed by atoms with Crippen LogP contribution in [0.5, 0.6) is 0 Å². The summed E-state index contributed by atoms with van der Waals surface area (Å²) >= 11 is 0. The van der Waals surface area contributed by atoms with Gasteiger partial charge in [-0.2, -0.15) is 0 Å². The van der Waals surface area contributed by atoms with E-state index in [2.05, 4.69) is 24.9 Å². The fourth-order valence-electron chi connectivity index (χ4n) is 6.40. The van der Waals surface area contributed by atoms with Crippen LogP contribution in [-0.4, -0.2) is 34.9 Å². The first kappa shape index (κ1) is 34.9. The maximum Gasteiger partial charge on any atom is 0.198 e. The van der Waals surface area contributed by atoms with E-state index in [9.17, 15) is 35.1 Å². The molecule has 3 aromatic heterocycles. The summed E-state index contributed by atoms with van der Waals surface area (Å²) < 4.78 is 240. The van der Waals surface area contributed by atoms with E-state index in [1.165, 1.54) is 0 Å². The van der Waals surface area contributed by atoms with E-state index >= 15 is 35.1 Å². The van der Waals surface area contributed by atoms with Gasteiger partial charge in [-0.25, -0.2) is 95.2 Å². The zero-order valence-corrected chi connectivity index (χ0v) is 25.9. The third-order valence-electron chi connectivity index (χ3n) is 8.83. The van der Waals surface area contributed by atoms with Gasteiger partial charge in [-0.1, -0.05) is 0 Å². The summed E-state index contributed by atoms with van der Waals surface area (Å²) in [7, 11) is 0. The first-order valence-corrected chi connectivity index (χ1v) is 14.8. The Morgan fingerprint density at radius 1 is 0.268 bits per heavy atom. The second-order valence-electron chi connectivity index (χ2n) is 11.8. The van der Waals surface area contributed by atoms with Gasteiger partial charge in [0.1, 0.15) is 22.6 Å². The Labute approximate surface area is 294 Å². The molecule has 0 fully saturated rings. The van der Waals surface area contributed by atoms with Gasteiger partial charge in [0.25, 0.3) is 0 Å². The Morgan fingerprint density at radius 2 is 0.518 bits per heavy atom. The number of nitrogens with zero attached hydrogens (tertiary/aromatic N) is 5. The minimum atomic E-state index is -2.51. The molecule has 0 spiro atoms. The molecule has 0 amide bonds. The number of hydrogen-bond donors (Lipinski definition) is 2. The highest BCUT2D eigenvalue weighted by Crippen LogP contribution is 2.46. The highest BCUT2D eigenvalue weighted by Gasteiger charge is 2.37. The van der Waals surface area contributed by atoms with Gasteiger partial charge in [-0.05, 0) is 6.07 Å². The third kappa shape index (κ3) is 4.29. The first-order chi connectivity index (χ1) is 26.4. The summed E-state index contributed by atoms with van der Waals surface area (Å²) in [4.78, 5) is 22.3. The molecule has 8 bridgehead atoms. The molecular weight excluding hydrogens is 798 g/mol. The highest BCUT2D eigenvalue weighted by atomic mass is 19.2. The van der Waals surface area contributed by atoms with Gasteiger partial charge >= 0.3 is 0 Å². The number of halogens is 16. The molecule has 0 radical (unpaired) electrons. The largest absolute Gasteiger partial charge is 0.324 e. The lowest BCUT2D eigenvalue weighted by atomic mass is 10.0. The van der Waals surface area contributed by atoms with Crippen molar-refractivity contribution in [3.05, 3.63) is 99.1 Å². The Hall–Kier alpha value is -6.81. The smallest absolute Gasteiger partial charge is 0.198 e. The van der Waals surface area contributed by atoms with Gasteiger partial charge in [0.2, 0.25) is 0 Å². The van der Waals surface area contributed by atoms with E-state index in [1.54, 1.807) is 0 Å². The van der Waals surface area contributed by atoms with Crippen molar-refractivity contribution in [3.63, 3.8) is 0 Å². The Kier molecular flexibility index (Phi) is 7.09. The number of aromatic amines is 2. The lowest BCUT2D eigenvalue weighted by Gasteiger charge is -2.07. The lowest BCUT2D eigenvalue weighted by molar-refractivity contribution is 0.412. The molecule has 7 nitrogen and oxygen atoms in total. The van der Waals surface area contributed by atoms with Crippen LogP contribution in [0.1, 0.15) is 0 Å². The standard InChI is InChI=1S/C33H3F16N7/c34-12-4-2-1-3-5-7(15(37)23(45)21(43)13(5)35)29(51-3)53-31-9-11(19(41)27(49)25(47)17(9)39)33(55-31)56-32-10-8(16(38)24(46)26(48)18(10)40)30(54-32)52-28(50-2)6(4)14(36)22(44)20(12)42/h1H,(H2,50,51,52,53,54,55,56). The monoisotopic (exact) mass is 801 g/mol. The van der Waals surface area contributed by atoms with Gasteiger partial charge in [0, 0.05) is 0 Å². The molecule has 4 aromatic carbocycles. The minimum absolute atomic E-state index is 0.310. The van der Waals surface area contributed by atoms with Crippen LogP contribution < -0.4 is 0 Å². The second-order valence-corrected chi connectivity index (χ2v) is 11.8. The molecule has 5 heterocycles. The van der Waals surface area contributed by atoms with Crippen LogP contribution in [0.3, 0.4) is 0 Å². The predicted octanol–water partition coefficient (Wildman–Crippen LogP) is 9.70. The van der Waals surface area contributed by atoms with Crippen molar-refractivity contribution >= 4 is 44.1 Å². The molecule has 7 aromatic rings. The molecule has 2 N–H and O–H groups in total. The molecule has 0 saturated carbocycles. The fourth-order valence-corrected chi connectivity index (χ4v) is 6.40. The molecule has 56 heavy (non-hydrogen) atoms. The minimum Gasteiger partial charge on any atom is -0.324 e. The van der Waals surface area contributed by atoms with E-state index in [0.717, 1.165) is 0 Å². The lowest BCUT2D eigenvalue weighted by Crippen LogP contribution is -2.01. The number of rotatable bonds is 0. The quantitative estimate of drug-likeness (QED) is 0.0905. The van der Waals surface area contributed by atoms with E-state index in [0.29, 0.717) is 6.07 Å². The number of benzene rings is 4. The summed E-state index contributed by atoms with van der Waals surface area (Å²) in [6, 6.07) is 0.310. The van der Waals surface area contributed by atoms with E-state index in [4.69, 9.17) is 0 Å². The van der Waals surface area contributed by atoms with Crippen molar-refractivity contribution in [2.24, 2.45) is 0 Å². The van der Waals surface area contributed by atoms with Crippen molar-refractivity contribution < 1.29 is 70.2 Å². The van der Waals surface area contributed by atoms with Crippen LogP contribution in [0.25, 0.3) is 89.4 Å². The summed E-state index contributed by atoms with van der Waals surface area (Å²) in [6.45, 7) is 0. The molecule has 9 rings (SSSR count). The summed E-state index contributed by atoms with van der Waals surface area (Å²) in [5.41, 5.74) is -13.0. The third-order valence-corrected chi connectivity index (χ3v) is 8.83. The van der Waals surface area contributed by atoms with Crippen LogP contribution >= 0.6 is 0 Å². The van der Waals surface area contributed by atoms with Crippen LogP contribution in [-0.2, 0) is 0 Å². The van der Waals surface area contributed by atoms with Crippen molar-refractivity contribution in [1.29, 1.82) is 0 Å². The van der Waals surface area contributed by atoms with Gasteiger partial charge in [0.15, 0.2) is 105 Å². The molecule has 282 valence electrons. The van der Waals surface area contributed by atoms with Crippen molar-refractivity contribution in [2.75, 3.05) is 0 Å². The molecule has 2 aliphatic rings. The van der Waals surface area contributed by atoms with Gasteiger partial charge in [-0.3, -0.25) is 0 Å². The summed E-state index contributed by atoms with van der Waals surface area (Å²) in [5.74, 6) is -40.9. The Balaban J connectivity index is 1.61. The van der Waals surface area contributed by atoms with Crippen molar-refractivity contribution in [1.82, 2.24) is 34.9 Å². The first-order valence-electron chi connectivity index (χ1n) is 14.8. The number of hydrogen-bond acceptors (Lipinski definition) is 5. The van der Waals surface area contributed by atoms with Crippen LogP contribution in [0.2, 0.25) is 0 Å². The van der Waals surface area contributed by atoms with E-state index in [1.807, 2.05) is 9.97 Å². The SMILES string of the molecule is Fc1c(F)c(F)c2c(c1F)-c1cc3nc(nc4[nH]c(nc5[nH]c(nc-2n1)c1c(F)c(F)c(F)c(F)c51)c1c(F)c(F)c(F)c(F)c41)-c1c(F)c(F)c(F)c(F)c1-3. The maximum atomic E-state index is 15.4. The predicted molar refractivity (Wildman–Crippen MR) is 158 cm³/mol. The Morgan fingerprint density at radius 3 is 0.821 bits per heavy atom. The van der Waals surface area contributed by atoms with Crippen LogP contribution in [0, 0.1) is 93.1 Å². The van der Waals surface area contributed by atoms with E-state index < -0.39 is 182 Å². The summed E-state index contributed by atoms with van der Waals surface area (Å²) in [6.07, 6.45) is 0. The second kappa shape index (κ2) is 11.4. The van der Waals surface area contributed by atoms with Crippen molar-refractivity contribution in [2.45, 2.75) is 0 Å². The van der Waals surface area contributed by atoms with Crippen LogP contribution in [0.4, 0.5) is 70.2 Å².